The maximum Gasteiger partial charge on any atom is 0.362 e. The molecule has 1 amide bonds. The number of amides is 1. The van der Waals surface area contributed by atoms with Crippen LogP contribution in [0, 0.1) is 0 Å². The minimum atomic E-state index is -4.53. The van der Waals surface area contributed by atoms with Crippen LogP contribution < -0.4 is 16.0 Å². The number of rotatable bonds is 8. The van der Waals surface area contributed by atoms with Crippen LogP contribution in [0.3, 0.4) is 0 Å². The number of nitrogens with two attached hydrogens (primary N) is 1. The number of fused-ring (bicyclic) bond motifs is 2. The first-order valence-corrected chi connectivity index (χ1v) is 12.5. The Balaban J connectivity index is 1.19. The monoisotopic (exact) mass is 533 g/mol. The highest BCUT2D eigenvalue weighted by molar-refractivity contribution is 7.85. The predicted octanol–water partition coefficient (Wildman–Crippen LogP) is -1.19. The molecule has 37 heavy (non-hydrogen) atoms. The molecule has 4 aromatic rings. The number of aliphatic hydroxyl groups excluding tert-OH is 2. The molecule has 0 aliphatic carbocycles. The first kappa shape index (κ1) is 24.8. The number of hydrogen-bond acceptors (Lipinski definition) is 11. The number of ether oxygens (including phenoxy) is 1. The van der Waals surface area contributed by atoms with Gasteiger partial charge in [-0.05, 0) is 18.1 Å². The first-order valence-electron chi connectivity index (χ1n) is 11.1. The molecule has 15 nitrogen and oxygen atoms in total. The minimum Gasteiger partial charge on any atom is -0.387 e. The van der Waals surface area contributed by atoms with Crippen molar-refractivity contribution in [3.8, 4) is 0 Å². The summed E-state index contributed by atoms with van der Waals surface area (Å²) >= 11 is 0. The fourth-order valence-electron chi connectivity index (χ4n) is 4.19. The number of aromatic amines is 2. The Kier molecular flexibility index (Phi) is 6.42. The number of hydrogen-bond donors (Lipinski definition) is 6. The van der Waals surface area contributed by atoms with E-state index in [-0.39, 0.29) is 23.5 Å². The van der Waals surface area contributed by atoms with Gasteiger partial charge in [-0.25, -0.2) is 9.71 Å². The Morgan fingerprint density at radius 1 is 1.27 bits per heavy atom. The summed E-state index contributed by atoms with van der Waals surface area (Å²) in [6.07, 6.45) is -2.56. The maximum absolute atomic E-state index is 12.3. The van der Waals surface area contributed by atoms with E-state index in [4.69, 9.17) is 14.7 Å². The predicted molar refractivity (Wildman–Crippen MR) is 128 cm³/mol. The fourth-order valence-corrected chi connectivity index (χ4v) is 4.94. The van der Waals surface area contributed by atoms with Crippen molar-refractivity contribution in [3.05, 3.63) is 52.7 Å². The second-order valence-electron chi connectivity index (χ2n) is 8.44. The van der Waals surface area contributed by atoms with Gasteiger partial charge in [0.2, 0.25) is 11.9 Å². The van der Waals surface area contributed by atoms with Crippen LogP contribution in [-0.4, -0.2) is 74.0 Å². The molecule has 4 atom stereocenters. The number of imidazole rings is 1. The van der Waals surface area contributed by atoms with E-state index in [1.165, 1.54) is 10.9 Å². The Morgan fingerprint density at radius 2 is 2.05 bits per heavy atom. The van der Waals surface area contributed by atoms with Crippen LogP contribution in [0.15, 0.2) is 41.6 Å². The number of nitrogen functional groups attached to an aromatic ring is 1. The molecular formula is C21H23N7O8S. The largest absolute Gasteiger partial charge is 0.387 e. The number of H-pyrrole nitrogens is 2. The number of nitrogens with one attached hydrogen (secondary N) is 3. The second kappa shape index (κ2) is 9.56. The van der Waals surface area contributed by atoms with Crippen molar-refractivity contribution in [2.45, 2.75) is 37.4 Å². The van der Waals surface area contributed by atoms with Crippen LogP contribution in [0.5, 0.6) is 0 Å². The Bertz CT molecular complexity index is 1630. The highest BCUT2D eigenvalue weighted by Gasteiger charge is 2.45. The van der Waals surface area contributed by atoms with Gasteiger partial charge in [0.25, 0.3) is 5.56 Å². The Labute approximate surface area is 208 Å². The minimum absolute atomic E-state index is 0.00541. The fraction of sp³-hybridized carbons (Fsp3) is 0.333. The number of aromatic nitrogens is 5. The second-order valence-corrected chi connectivity index (χ2v) is 9.79. The van der Waals surface area contributed by atoms with E-state index in [2.05, 4.69) is 19.9 Å². The van der Waals surface area contributed by atoms with E-state index in [0.717, 1.165) is 16.5 Å². The van der Waals surface area contributed by atoms with Crippen LogP contribution in [0.1, 0.15) is 18.2 Å². The SMILES string of the molecule is Nc1nc2c(ncn2[C@@H]2O[C@H](COS(=O)(=O)NC(=O)CCc3c[nH]c4ccccc34)C(O)[C@@H]2O)c(=O)[nH]1. The van der Waals surface area contributed by atoms with Crippen molar-refractivity contribution in [2.75, 3.05) is 12.3 Å². The van der Waals surface area contributed by atoms with E-state index < -0.39 is 52.9 Å². The number of nitrogens with zero attached hydrogens (tertiary/aromatic N) is 3. The van der Waals surface area contributed by atoms with Crippen molar-refractivity contribution in [1.29, 1.82) is 0 Å². The molecular weight excluding hydrogens is 510 g/mol. The van der Waals surface area contributed by atoms with Gasteiger partial charge in [-0.3, -0.25) is 23.3 Å². The molecule has 0 saturated carbocycles. The third kappa shape index (κ3) is 4.92. The molecule has 0 radical (unpaired) electrons. The number of carbonyl (C=O) groups excluding carboxylic acids is 1. The van der Waals surface area contributed by atoms with Gasteiger partial charge in [-0.1, -0.05) is 18.2 Å². The average Bonchev–Trinajstić information content (AvgIpc) is 3.53. The summed E-state index contributed by atoms with van der Waals surface area (Å²) in [6, 6.07) is 7.51. The molecule has 1 unspecified atom stereocenters. The Morgan fingerprint density at radius 3 is 2.86 bits per heavy atom. The molecule has 1 aliphatic rings. The summed E-state index contributed by atoms with van der Waals surface area (Å²) in [5.74, 6) is -0.978. The number of aliphatic hydroxyl groups is 2. The van der Waals surface area contributed by atoms with Crippen LogP contribution in [0.25, 0.3) is 22.1 Å². The van der Waals surface area contributed by atoms with E-state index in [1.54, 1.807) is 6.20 Å². The molecule has 1 aromatic carbocycles. The summed E-state index contributed by atoms with van der Waals surface area (Å²) in [5.41, 5.74) is 6.64. The van der Waals surface area contributed by atoms with Crippen molar-refractivity contribution in [1.82, 2.24) is 29.2 Å². The van der Waals surface area contributed by atoms with E-state index in [9.17, 15) is 28.2 Å². The number of anilines is 1. The van der Waals surface area contributed by atoms with Crippen LogP contribution in [-0.2, 0) is 30.4 Å². The van der Waals surface area contributed by atoms with Gasteiger partial charge in [0, 0.05) is 23.5 Å². The molecule has 3 aromatic heterocycles. The molecule has 1 fully saturated rings. The molecule has 7 N–H and O–H groups in total. The summed E-state index contributed by atoms with van der Waals surface area (Å²) in [7, 11) is -4.53. The van der Waals surface area contributed by atoms with Crippen molar-refractivity contribution < 1.29 is 32.3 Å². The maximum atomic E-state index is 12.3. The van der Waals surface area contributed by atoms with E-state index >= 15 is 0 Å². The molecule has 4 heterocycles. The van der Waals surface area contributed by atoms with Gasteiger partial charge in [0.1, 0.15) is 18.3 Å². The van der Waals surface area contributed by atoms with Crippen molar-refractivity contribution in [2.24, 2.45) is 0 Å². The van der Waals surface area contributed by atoms with Gasteiger partial charge < -0.3 is 25.7 Å². The van der Waals surface area contributed by atoms with Crippen molar-refractivity contribution >= 4 is 44.2 Å². The Hall–Kier alpha value is -3.83. The van der Waals surface area contributed by atoms with Crippen LogP contribution in [0.4, 0.5) is 5.95 Å². The van der Waals surface area contributed by atoms with Gasteiger partial charge in [-0.15, -0.1) is 0 Å². The molecule has 16 heteroatoms. The highest BCUT2D eigenvalue weighted by atomic mass is 32.2. The van der Waals surface area contributed by atoms with Crippen LogP contribution >= 0.6 is 0 Å². The normalized spacial score (nSPS) is 22.1. The molecule has 0 spiro atoms. The van der Waals surface area contributed by atoms with E-state index in [0.29, 0.717) is 6.42 Å². The number of carbonyl (C=O) groups is 1. The first-order chi connectivity index (χ1) is 17.6. The lowest BCUT2D eigenvalue weighted by Crippen LogP contribution is -2.37. The quantitative estimate of drug-likeness (QED) is 0.158. The lowest BCUT2D eigenvalue weighted by Gasteiger charge is -2.16. The summed E-state index contributed by atoms with van der Waals surface area (Å²) in [6.45, 7) is -0.706. The highest BCUT2D eigenvalue weighted by Crippen LogP contribution is 2.31. The number of para-hydroxylation sites is 1. The topological polar surface area (TPSA) is 228 Å². The molecule has 0 bridgehead atoms. The zero-order valence-electron chi connectivity index (χ0n) is 19.1. The molecule has 5 rings (SSSR count). The van der Waals surface area contributed by atoms with Crippen molar-refractivity contribution in [3.63, 3.8) is 0 Å². The zero-order chi connectivity index (χ0) is 26.3. The lowest BCUT2D eigenvalue weighted by molar-refractivity contribution is -0.119. The zero-order valence-corrected chi connectivity index (χ0v) is 19.9. The van der Waals surface area contributed by atoms with Gasteiger partial charge in [0.05, 0.1) is 12.9 Å². The van der Waals surface area contributed by atoms with Gasteiger partial charge >= 0.3 is 10.3 Å². The molecule has 196 valence electrons. The summed E-state index contributed by atoms with van der Waals surface area (Å²) in [4.78, 5) is 37.5. The average molecular weight is 534 g/mol. The van der Waals surface area contributed by atoms with Crippen LogP contribution in [0.2, 0.25) is 0 Å². The summed E-state index contributed by atoms with van der Waals surface area (Å²) in [5, 5.41) is 21.8. The third-order valence-corrected chi connectivity index (χ3v) is 6.91. The summed E-state index contributed by atoms with van der Waals surface area (Å²) < 4.78 is 38.0. The number of aryl methyl sites for hydroxylation is 1. The van der Waals surface area contributed by atoms with E-state index in [1.807, 2.05) is 29.0 Å². The third-order valence-electron chi connectivity index (χ3n) is 5.98. The smallest absolute Gasteiger partial charge is 0.362 e. The molecule has 1 saturated heterocycles. The standard InChI is InChI=1S/C21H23N7O8S/c22-21-25-18-15(19(32)26-21)24-9-28(18)20-17(31)16(30)13(36-20)8-35-37(33,34)27-14(29)6-5-10-7-23-12-4-2-1-3-11(10)12/h1-4,7,9,13,16-17,20,23,30-31H,5-6,8H2,(H,27,29)(H3,22,25,26,32)/t13-,16?,17+,20-/m1/s1. The number of benzene rings is 1. The lowest BCUT2D eigenvalue weighted by atomic mass is 10.1. The molecule has 1 aliphatic heterocycles. The van der Waals surface area contributed by atoms with Gasteiger partial charge in [0.15, 0.2) is 17.4 Å². The van der Waals surface area contributed by atoms with Gasteiger partial charge in [-0.2, -0.15) is 13.4 Å².